The zero-order chi connectivity index (χ0) is 13.0. The first-order valence-corrected chi connectivity index (χ1v) is 6.48. The van der Waals surface area contributed by atoms with Crippen molar-refractivity contribution < 1.29 is 4.79 Å². The van der Waals surface area contributed by atoms with Crippen LogP contribution in [0.25, 0.3) is 0 Å². The lowest BCUT2D eigenvalue weighted by molar-refractivity contribution is 0.0951. The van der Waals surface area contributed by atoms with Gasteiger partial charge in [0.2, 0.25) is 0 Å². The number of halogens is 1. The smallest absolute Gasteiger partial charge is 0.251 e. The Kier molecular flexibility index (Phi) is 4.15. The number of nitrogens with one attached hydrogen (secondary N) is 1. The predicted molar refractivity (Wildman–Crippen MR) is 73.4 cm³/mol. The minimum Gasteiger partial charge on any atom is -0.350 e. The van der Waals surface area contributed by atoms with Crippen molar-refractivity contribution in [2.75, 3.05) is 6.54 Å². The number of amides is 1. The van der Waals surface area contributed by atoms with Gasteiger partial charge in [0, 0.05) is 18.3 Å². The summed E-state index contributed by atoms with van der Waals surface area (Å²) in [6.45, 7) is 3.14. The fraction of sp³-hybridized carbons (Fsp3) is 0.231. The molecule has 0 fully saturated rings. The molecule has 4 nitrogen and oxygen atoms in total. The average Bonchev–Trinajstić information content (AvgIpc) is 2.75. The summed E-state index contributed by atoms with van der Waals surface area (Å²) in [4.78, 5) is 11.9. The highest BCUT2D eigenvalue weighted by atomic mass is 79.9. The fourth-order valence-corrected chi connectivity index (χ4v) is 2.00. The number of carbonyl (C=O) groups is 1. The molecule has 1 aromatic carbocycles. The lowest BCUT2D eigenvalue weighted by atomic mass is 10.1. The lowest BCUT2D eigenvalue weighted by Crippen LogP contribution is -2.27. The summed E-state index contributed by atoms with van der Waals surface area (Å²) in [7, 11) is 0. The highest BCUT2D eigenvalue weighted by Crippen LogP contribution is 2.07. The molecule has 0 saturated carbocycles. The zero-order valence-corrected chi connectivity index (χ0v) is 11.6. The third-order valence-electron chi connectivity index (χ3n) is 2.62. The van der Waals surface area contributed by atoms with E-state index in [4.69, 9.17) is 0 Å². The summed E-state index contributed by atoms with van der Waals surface area (Å²) in [5, 5.41) is 7.00. The van der Waals surface area contributed by atoms with Crippen LogP contribution in [0.2, 0.25) is 0 Å². The molecule has 0 unspecified atom stereocenters. The number of hydrogen-bond donors (Lipinski definition) is 1. The SMILES string of the molecule is Cc1ccccc1C(=O)NCCn1cc(Br)cn1. The van der Waals surface area contributed by atoms with Crippen LogP contribution in [0.15, 0.2) is 41.1 Å². The number of aryl methyl sites for hydroxylation is 1. The van der Waals surface area contributed by atoms with Crippen LogP contribution in [0.4, 0.5) is 0 Å². The van der Waals surface area contributed by atoms with E-state index in [1.807, 2.05) is 37.4 Å². The Labute approximate surface area is 114 Å². The number of rotatable bonds is 4. The van der Waals surface area contributed by atoms with E-state index >= 15 is 0 Å². The number of nitrogens with zero attached hydrogens (tertiary/aromatic N) is 2. The zero-order valence-electron chi connectivity index (χ0n) is 10.1. The van der Waals surface area contributed by atoms with Gasteiger partial charge in [0.15, 0.2) is 0 Å². The number of carbonyl (C=O) groups excluding carboxylic acids is 1. The Hall–Kier alpha value is -1.62. The second kappa shape index (κ2) is 5.82. The summed E-state index contributed by atoms with van der Waals surface area (Å²) in [6, 6.07) is 7.55. The molecular formula is C13H14BrN3O. The van der Waals surface area contributed by atoms with Crippen LogP contribution in [-0.4, -0.2) is 22.2 Å². The van der Waals surface area contributed by atoms with Crippen LogP contribution < -0.4 is 5.32 Å². The largest absolute Gasteiger partial charge is 0.350 e. The standard InChI is InChI=1S/C13H14BrN3O/c1-10-4-2-3-5-12(10)13(18)15-6-7-17-9-11(14)8-16-17/h2-5,8-9H,6-7H2,1H3,(H,15,18). The number of aromatic nitrogens is 2. The van der Waals surface area contributed by atoms with Gasteiger partial charge in [0.05, 0.1) is 17.2 Å². The van der Waals surface area contributed by atoms with Gasteiger partial charge in [-0.3, -0.25) is 9.48 Å². The molecule has 2 aromatic rings. The molecule has 1 aromatic heterocycles. The Morgan fingerprint density at radius 2 is 2.22 bits per heavy atom. The van der Waals surface area contributed by atoms with Gasteiger partial charge in [-0.2, -0.15) is 5.10 Å². The van der Waals surface area contributed by atoms with Crippen molar-refractivity contribution in [3.8, 4) is 0 Å². The van der Waals surface area contributed by atoms with Crippen molar-refractivity contribution in [1.82, 2.24) is 15.1 Å². The molecule has 1 N–H and O–H groups in total. The lowest BCUT2D eigenvalue weighted by Gasteiger charge is -2.07. The maximum atomic E-state index is 11.9. The summed E-state index contributed by atoms with van der Waals surface area (Å²) in [5.74, 6) is -0.0423. The highest BCUT2D eigenvalue weighted by molar-refractivity contribution is 9.10. The minimum atomic E-state index is -0.0423. The molecular weight excluding hydrogens is 294 g/mol. The van der Waals surface area contributed by atoms with E-state index in [-0.39, 0.29) is 5.91 Å². The van der Waals surface area contributed by atoms with E-state index in [1.54, 1.807) is 10.9 Å². The number of hydrogen-bond acceptors (Lipinski definition) is 2. The van der Waals surface area contributed by atoms with Gasteiger partial charge in [-0.25, -0.2) is 0 Å². The molecule has 2 rings (SSSR count). The van der Waals surface area contributed by atoms with E-state index in [0.717, 1.165) is 15.6 Å². The van der Waals surface area contributed by atoms with Crippen molar-refractivity contribution >= 4 is 21.8 Å². The normalized spacial score (nSPS) is 10.3. The molecule has 0 bridgehead atoms. The third kappa shape index (κ3) is 3.20. The van der Waals surface area contributed by atoms with E-state index in [9.17, 15) is 4.79 Å². The molecule has 0 spiro atoms. The van der Waals surface area contributed by atoms with Gasteiger partial charge >= 0.3 is 0 Å². The van der Waals surface area contributed by atoms with Crippen LogP contribution in [0, 0.1) is 6.92 Å². The average molecular weight is 308 g/mol. The van der Waals surface area contributed by atoms with Crippen molar-refractivity contribution in [3.05, 3.63) is 52.3 Å². The molecule has 1 amide bonds. The van der Waals surface area contributed by atoms with Gasteiger partial charge in [0.25, 0.3) is 5.91 Å². The van der Waals surface area contributed by atoms with Crippen molar-refractivity contribution in [2.24, 2.45) is 0 Å². The summed E-state index contributed by atoms with van der Waals surface area (Å²) in [6.07, 6.45) is 3.60. The number of benzene rings is 1. The molecule has 0 atom stereocenters. The van der Waals surface area contributed by atoms with Gasteiger partial charge < -0.3 is 5.32 Å². The van der Waals surface area contributed by atoms with E-state index in [2.05, 4.69) is 26.3 Å². The highest BCUT2D eigenvalue weighted by Gasteiger charge is 2.06. The molecule has 18 heavy (non-hydrogen) atoms. The first-order valence-electron chi connectivity index (χ1n) is 5.68. The quantitative estimate of drug-likeness (QED) is 0.942. The van der Waals surface area contributed by atoms with Gasteiger partial charge in [-0.1, -0.05) is 18.2 Å². The summed E-state index contributed by atoms with van der Waals surface area (Å²) < 4.78 is 2.72. The first-order chi connectivity index (χ1) is 8.66. The monoisotopic (exact) mass is 307 g/mol. The van der Waals surface area contributed by atoms with Gasteiger partial charge in [-0.05, 0) is 34.5 Å². The summed E-state index contributed by atoms with van der Waals surface area (Å²) in [5.41, 5.74) is 1.70. The Balaban J connectivity index is 1.87. The molecule has 5 heteroatoms. The van der Waals surface area contributed by atoms with Crippen molar-refractivity contribution in [2.45, 2.75) is 13.5 Å². The maximum Gasteiger partial charge on any atom is 0.251 e. The van der Waals surface area contributed by atoms with Crippen LogP contribution in [0.3, 0.4) is 0 Å². The van der Waals surface area contributed by atoms with Gasteiger partial charge in [0.1, 0.15) is 0 Å². The van der Waals surface area contributed by atoms with E-state index < -0.39 is 0 Å². The Bertz CT molecular complexity index is 551. The molecule has 0 aliphatic heterocycles. The topological polar surface area (TPSA) is 46.9 Å². The summed E-state index contributed by atoms with van der Waals surface area (Å²) >= 11 is 3.33. The molecule has 0 aliphatic carbocycles. The molecule has 0 aliphatic rings. The van der Waals surface area contributed by atoms with Crippen molar-refractivity contribution in [3.63, 3.8) is 0 Å². The molecule has 0 saturated heterocycles. The second-order valence-corrected chi connectivity index (χ2v) is 4.91. The first kappa shape index (κ1) is 12.8. The molecule has 0 radical (unpaired) electrons. The second-order valence-electron chi connectivity index (χ2n) is 3.99. The predicted octanol–water partition coefficient (Wildman–Crippen LogP) is 2.38. The van der Waals surface area contributed by atoms with Crippen LogP contribution >= 0.6 is 15.9 Å². The molecule has 1 heterocycles. The van der Waals surface area contributed by atoms with Gasteiger partial charge in [-0.15, -0.1) is 0 Å². The Morgan fingerprint density at radius 1 is 1.44 bits per heavy atom. The van der Waals surface area contributed by atoms with Crippen LogP contribution in [-0.2, 0) is 6.54 Å². The van der Waals surface area contributed by atoms with E-state index in [0.29, 0.717) is 13.1 Å². The Morgan fingerprint density at radius 3 is 2.89 bits per heavy atom. The van der Waals surface area contributed by atoms with E-state index in [1.165, 1.54) is 0 Å². The molecule has 94 valence electrons. The van der Waals surface area contributed by atoms with Crippen LogP contribution in [0.1, 0.15) is 15.9 Å². The minimum absolute atomic E-state index is 0.0423. The van der Waals surface area contributed by atoms with Crippen LogP contribution in [0.5, 0.6) is 0 Å². The fourth-order valence-electron chi connectivity index (χ4n) is 1.67. The maximum absolute atomic E-state index is 11.9. The third-order valence-corrected chi connectivity index (χ3v) is 3.03. The van der Waals surface area contributed by atoms with Crippen molar-refractivity contribution in [1.29, 1.82) is 0 Å².